The summed E-state index contributed by atoms with van der Waals surface area (Å²) < 4.78 is 3.35. The molecule has 0 aromatic heterocycles. The van der Waals surface area contributed by atoms with Crippen LogP contribution in [-0.2, 0) is 4.74 Å². The fraction of sp³-hybridized carbons (Fsp3) is 1.00. The molecule has 0 amide bonds. The Kier molecular flexibility index (Phi) is 7.12. The van der Waals surface area contributed by atoms with E-state index in [-0.39, 0.29) is 11.8 Å². The van der Waals surface area contributed by atoms with Gasteiger partial charge in [-0.25, -0.2) is 0 Å². The van der Waals surface area contributed by atoms with Gasteiger partial charge in [-0.15, -0.1) is 23.2 Å². The maximum Gasteiger partial charge on any atom is 0.230 e. The van der Waals surface area contributed by atoms with E-state index >= 15 is 0 Å². The molecule has 0 saturated heterocycles. The van der Waals surface area contributed by atoms with Crippen LogP contribution in [0.5, 0.6) is 0 Å². The van der Waals surface area contributed by atoms with Crippen molar-refractivity contribution in [1.82, 2.24) is 0 Å². The van der Waals surface area contributed by atoms with Crippen molar-refractivity contribution in [3.05, 3.63) is 0 Å². The van der Waals surface area contributed by atoms with Crippen LogP contribution in [0.3, 0.4) is 0 Å². The topological polar surface area (TPSA) is 9.23 Å². The average molecular weight is 295 g/mol. The molecule has 0 saturated carbocycles. The van der Waals surface area contributed by atoms with Gasteiger partial charge in [-0.3, -0.25) is 0 Å². The lowest BCUT2D eigenvalue weighted by molar-refractivity contribution is 0.0613. The summed E-state index contributed by atoms with van der Waals surface area (Å²) in [5.41, 5.74) is -1.05. The van der Waals surface area contributed by atoms with Crippen molar-refractivity contribution in [2.45, 2.75) is 15.5 Å². The first-order valence-electron chi connectivity index (χ1n) is 2.90. The van der Waals surface area contributed by atoms with Crippen molar-refractivity contribution in [2.24, 2.45) is 0 Å². The lowest BCUT2D eigenvalue weighted by atomic mass is 10.5. The fourth-order valence-electron chi connectivity index (χ4n) is 0.360. The van der Waals surface area contributed by atoms with Crippen molar-refractivity contribution in [1.29, 1.82) is 0 Å². The molecule has 1 atom stereocenters. The lowest BCUT2D eigenvalue weighted by Crippen LogP contribution is -2.30. The molecule has 0 aliphatic carbocycles. The van der Waals surface area contributed by atoms with E-state index in [4.69, 9.17) is 74.3 Å². The Morgan fingerprint density at radius 1 is 1.08 bits per heavy atom. The molecule has 0 spiro atoms. The minimum absolute atomic E-state index is 0.202. The number of ether oxygens (including phenoxy) is 1. The van der Waals surface area contributed by atoms with Crippen LogP contribution in [0.2, 0.25) is 0 Å². The van der Waals surface area contributed by atoms with Crippen LogP contribution in [0.15, 0.2) is 0 Å². The first-order chi connectivity index (χ1) is 5.41. The van der Waals surface area contributed by atoms with Gasteiger partial charge >= 0.3 is 0 Å². The van der Waals surface area contributed by atoms with E-state index in [0.717, 1.165) is 0 Å². The summed E-state index contributed by atoms with van der Waals surface area (Å²) in [5.74, 6) is 0.404. The number of alkyl halides is 6. The highest BCUT2D eigenvalue weighted by Gasteiger charge is 2.33. The van der Waals surface area contributed by atoms with E-state index in [0.29, 0.717) is 0 Å². The molecule has 0 heterocycles. The Morgan fingerprint density at radius 3 is 1.75 bits per heavy atom. The minimum Gasteiger partial charge on any atom is -0.352 e. The molecular formula is C5H6Cl6O. The second kappa shape index (κ2) is 6.23. The summed E-state index contributed by atoms with van der Waals surface area (Å²) in [4.78, 5) is 0. The van der Waals surface area contributed by atoms with Crippen molar-refractivity contribution in [3.63, 3.8) is 0 Å². The van der Waals surface area contributed by atoms with Crippen LogP contribution in [0.25, 0.3) is 0 Å². The van der Waals surface area contributed by atoms with E-state index in [1.807, 2.05) is 0 Å². The van der Waals surface area contributed by atoms with Crippen LogP contribution in [0, 0.1) is 0 Å². The number of hydrogen-bond donors (Lipinski definition) is 0. The second-order valence-corrected chi connectivity index (χ2v) is 5.31. The molecule has 74 valence electrons. The van der Waals surface area contributed by atoms with Gasteiger partial charge in [0.1, 0.15) is 0 Å². The van der Waals surface area contributed by atoms with Gasteiger partial charge in [0.15, 0.2) is 5.56 Å². The van der Waals surface area contributed by atoms with E-state index in [9.17, 15) is 0 Å². The molecule has 1 unspecified atom stereocenters. The van der Waals surface area contributed by atoms with Crippen molar-refractivity contribution < 1.29 is 4.74 Å². The Balaban J connectivity index is 3.90. The van der Waals surface area contributed by atoms with Crippen molar-refractivity contribution >= 4 is 69.6 Å². The standard InChI is InChI=1S/C5H6Cl6O/c6-1-3(2-7)12-4(8)5(9,10)11/h3-4H,1-2H2. The Hall–Kier alpha value is 1.70. The number of hydrogen-bond acceptors (Lipinski definition) is 1. The molecule has 7 heteroatoms. The monoisotopic (exact) mass is 292 g/mol. The predicted octanol–water partition coefficient (Wildman–Crippen LogP) is 3.78. The Bertz CT molecular complexity index is 120. The van der Waals surface area contributed by atoms with Crippen molar-refractivity contribution in [2.75, 3.05) is 11.8 Å². The molecule has 0 N–H and O–H groups in total. The number of rotatable bonds is 4. The van der Waals surface area contributed by atoms with Gasteiger partial charge in [-0.1, -0.05) is 46.4 Å². The molecule has 1 nitrogen and oxygen atoms in total. The van der Waals surface area contributed by atoms with Gasteiger partial charge in [-0.05, 0) is 0 Å². The number of halogens is 6. The third kappa shape index (κ3) is 5.43. The summed E-state index contributed by atoms with van der Waals surface area (Å²) in [5, 5.41) is 0. The maximum absolute atomic E-state index is 5.57. The van der Waals surface area contributed by atoms with Crippen molar-refractivity contribution in [3.8, 4) is 0 Å². The zero-order valence-electron chi connectivity index (χ0n) is 5.74. The van der Waals surface area contributed by atoms with E-state index in [1.54, 1.807) is 0 Å². The molecule has 0 fully saturated rings. The molecule has 0 aromatic carbocycles. The van der Waals surface area contributed by atoms with E-state index in [1.165, 1.54) is 0 Å². The van der Waals surface area contributed by atoms with Gasteiger partial charge in [0, 0.05) is 11.8 Å². The van der Waals surface area contributed by atoms with Crippen LogP contribution >= 0.6 is 69.6 Å². The SMILES string of the molecule is ClCC(CCl)OC(Cl)C(Cl)(Cl)Cl. The van der Waals surface area contributed by atoms with Gasteiger partial charge < -0.3 is 4.74 Å². The highest BCUT2D eigenvalue weighted by Crippen LogP contribution is 2.35. The quantitative estimate of drug-likeness (QED) is 0.717. The summed E-state index contributed by atoms with van der Waals surface area (Å²) in [7, 11) is 0. The van der Waals surface area contributed by atoms with Crippen LogP contribution < -0.4 is 0 Å². The molecule has 0 aromatic rings. The van der Waals surface area contributed by atoms with Gasteiger partial charge in [0.25, 0.3) is 0 Å². The van der Waals surface area contributed by atoms with E-state index in [2.05, 4.69) is 0 Å². The molecule has 0 radical (unpaired) electrons. The van der Waals surface area contributed by atoms with Gasteiger partial charge in [-0.2, -0.15) is 0 Å². The minimum atomic E-state index is -1.67. The third-order valence-corrected chi connectivity index (χ3v) is 2.96. The lowest BCUT2D eigenvalue weighted by Gasteiger charge is -2.22. The maximum atomic E-state index is 5.57. The first-order valence-corrected chi connectivity index (χ1v) is 5.54. The summed E-state index contributed by atoms with van der Waals surface area (Å²) in [6.45, 7) is 0. The summed E-state index contributed by atoms with van der Waals surface area (Å²) in [6.07, 6.45) is -0.411. The Labute approximate surface area is 101 Å². The van der Waals surface area contributed by atoms with Crippen LogP contribution in [-0.4, -0.2) is 27.2 Å². The smallest absolute Gasteiger partial charge is 0.230 e. The normalized spacial score (nSPS) is 15.2. The molecule has 0 aliphatic rings. The largest absolute Gasteiger partial charge is 0.352 e. The summed E-state index contributed by atoms with van der Waals surface area (Å²) >= 11 is 32.8. The predicted molar refractivity (Wildman–Crippen MR) is 56.2 cm³/mol. The molecule has 0 rings (SSSR count). The third-order valence-electron chi connectivity index (χ3n) is 0.913. The molecule has 0 bridgehead atoms. The average Bonchev–Trinajstić information content (AvgIpc) is 1.97. The molecule has 12 heavy (non-hydrogen) atoms. The second-order valence-electron chi connectivity index (χ2n) is 1.92. The van der Waals surface area contributed by atoms with Gasteiger partial charge in [0.2, 0.25) is 3.79 Å². The molecular weight excluding hydrogens is 289 g/mol. The van der Waals surface area contributed by atoms with Crippen LogP contribution in [0.4, 0.5) is 0 Å². The Morgan fingerprint density at radius 2 is 1.50 bits per heavy atom. The highest BCUT2D eigenvalue weighted by atomic mass is 35.6. The zero-order chi connectivity index (χ0) is 9.78. The van der Waals surface area contributed by atoms with Crippen LogP contribution in [0.1, 0.15) is 0 Å². The summed E-state index contributed by atoms with van der Waals surface area (Å²) in [6, 6.07) is 0. The van der Waals surface area contributed by atoms with E-state index < -0.39 is 15.5 Å². The highest BCUT2D eigenvalue weighted by molar-refractivity contribution is 6.70. The zero-order valence-corrected chi connectivity index (χ0v) is 10.3. The first kappa shape index (κ1) is 13.7. The fourth-order valence-corrected chi connectivity index (χ4v) is 1.14. The van der Waals surface area contributed by atoms with Gasteiger partial charge in [0.05, 0.1) is 6.10 Å². The molecule has 0 aliphatic heterocycles.